The Balaban J connectivity index is 0.000000396. The van der Waals surface area contributed by atoms with Crippen LogP contribution in [0.1, 0.15) is 25.0 Å². The lowest BCUT2D eigenvalue weighted by atomic mass is 10.1. The van der Waals surface area contributed by atoms with Crippen LogP contribution in [-0.2, 0) is 13.1 Å². The Morgan fingerprint density at radius 1 is 1.15 bits per heavy atom. The van der Waals surface area contributed by atoms with Crippen LogP contribution in [0.4, 0.5) is 5.69 Å². The molecule has 1 aromatic carbocycles. The van der Waals surface area contributed by atoms with Gasteiger partial charge in [0.1, 0.15) is 0 Å². The number of hydrogen-bond donors (Lipinski definition) is 1. The summed E-state index contributed by atoms with van der Waals surface area (Å²) in [6.07, 6.45) is 0. The molecular weight excluding hydrogens is 160 g/mol. The third kappa shape index (κ3) is 2.22. The van der Waals surface area contributed by atoms with Crippen LogP contribution >= 0.6 is 0 Å². The van der Waals surface area contributed by atoms with Gasteiger partial charge >= 0.3 is 0 Å². The predicted molar refractivity (Wildman–Crippen MR) is 57.4 cm³/mol. The van der Waals surface area contributed by atoms with Crippen LogP contribution in [0.3, 0.4) is 0 Å². The van der Waals surface area contributed by atoms with E-state index in [0.29, 0.717) is 0 Å². The standard InChI is InChI=1S/C9H12N2.C2H6/c1-11-5-7-2-3-9(10)4-8(7)6-11;1-2/h2-4H,5-6,10H2,1H3;1-2H3. The van der Waals surface area contributed by atoms with Gasteiger partial charge in [-0.25, -0.2) is 0 Å². The molecule has 13 heavy (non-hydrogen) atoms. The molecule has 2 rings (SSSR count). The summed E-state index contributed by atoms with van der Waals surface area (Å²) in [7, 11) is 2.12. The van der Waals surface area contributed by atoms with Crippen molar-refractivity contribution in [2.45, 2.75) is 26.9 Å². The molecule has 2 N–H and O–H groups in total. The molecule has 0 radical (unpaired) electrons. The molecule has 0 saturated heterocycles. The first-order chi connectivity index (χ1) is 6.25. The van der Waals surface area contributed by atoms with Crippen LogP contribution in [0.5, 0.6) is 0 Å². The van der Waals surface area contributed by atoms with Crippen LogP contribution in [0.15, 0.2) is 18.2 Å². The highest BCUT2D eigenvalue weighted by Gasteiger charge is 2.14. The Hall–Kier alpha value is -1.02. The highest BCUT2D eigenvalue weighted by Crippen LogP contribution is 2.22. The average Bonchev–Trinajstić information content (AvgIpc) is 2.48. The summed E-state index contributed by atoms with van der Waals surface area (Å²) in [6.45, 7) is 6.11. The van der Waals surface area contributed by atoms with Gasteiger partial charge in [-0.1, -0.05) is 19.9 Å². The fourth-order valence-electron chi connectivity index (χ4n) is 1.58. The van der Waals surface area contributed by atoms with Gasteiger partial charge in [-0.15, -0.1) is 0 Å². The number of rotatable bonds is 0. The molecule has 1 aliphatic heterocycles. The molecule has 2 heteroatoms. The van der Waals surface area contributed by atoms with Crippen molar-refractivity contribution in [1.29, 1.82) is 0 Å². The highest BCUT2D eigenvalue weighted by molar-refractivity contribution is 5.45. The summed E-state index contributed by atoms with van der Waals surface area (Å²) in [5.41, 5.74) is 9.33. The lowest BCUT2D eigenvalue weighted by molar-refractivity contribution is 0.353. The maximum atomic E-state index is 5.66. The normalized spacial score (nSPS) is 14.7. The molecule has 1 aromatic rings. The quantitative estimate of drug-likeness (QED) is 0.617. The van der Waals surface area contributed by atoms with Crippen LogP contribution in [-0.4, -0.2) is 11.9 Å². The van der Waals surface area contributed by atoms with E-state index in [4.69, 9.17) is 5.73 Å². The highest BCUT2D eigenvalue weighted by atomic mass is 15.1. The van der Waals surface area contributed by atoms with E-state index in [1.807, 2.05) is 19.9 Å². The minimum atomic E-state index is 0.874. The van der Waals surface area contributed by atoms with Gasteiger partial charge in [0, 0.05) is 18.8 Å². The van der Waals surface area contributed by atoms with E-state index in [9.17, 15) is 0 Å². The van der Waals surface area contributed by atoms with Crippen LogP contribution in [0, 0.1) is 0 Å². The molecule has 0 saturated carbocycles. The van der Waals surface area contributed by atoms with Crippen LogP contribution in [0.25, 0.3) is 0 Å². The van der Waals surface area contributed by atoms with Crippen molar-refractivity contribution < 1.29 is 0 Å². The van der Waals surface area contributed by atoms with Gasteiger partial charge in [0.05, 0.1) is 0 Å². The Kier molecular flexibility index (Phi) is 3.32. The van der Waals surface area contributed by atoms with E-state index < -0.39 is 0 Å². The minimum absolute atomic E-state index is 0.874. The van der Waals surface area contributed by atoms with Gasteiger partial charge in [-0.3, -0.25) is 4.90 Å². The molecule has 1 heterocycles. The summed E-state index contributed by atoms with van der Waals surface area (Å²) in [4.78, 5) is 2.28. The van der Waals surface area contributed by atoms with E-state index in [1.165, 1.54) is 11.1 Å². The number of nitrogens with two attached hydrogens (primary N) is 1. The fourth-order valence-corrected chi connectivity index (χ4v) is 1.58. The molecule has 0 spiro atoms. The number of nitrogens with zero attached hydrogens (tertiary/aromatic N) is 1. The smallest absolute Gasteiger partial charge is 0.0317 e. The minimum Gasteiger partial charge on any atom is -0.399 e. The lowest BCUT2D eigenvalue weighted by Crippen LogP contribution is -2.07. The van der Waals surface area contributed by atoms with Gasteiger partial charge in [0.15, 0.2) is 0 Å². The average molecular weight is 178 g/mol. The summed E-state index contributed by atoms with van der Waals surface area (Å²) in [5, 5.41) is 0. The van der Waals surface area contributed by atoms with Gasteiger partial charge in [0.2, 0.25) is 0 Å². The fraction of sp³-hybridized carbons (Fsp3) is 0.455. The lowest BCUT2D eigenvalue weighted by Gasteiger charge is -2.02. The molecule has 0 fully saturated rings. The third-order valence-corrected chi connectivity index (χ3v) is 2.11. The van der Waals surface area contributed by atoms with Crippen LogP contribution in [0.2, 0.25) is 0 Å². The molecule has 2 nitrogen and oxygen atoms in total. The van der Waals surface area contributed by atoms with Gasteiger partial charge in [-0.05, 0) is 30.3 Å². The first kappa shape index (κ1) is 10.1. The van der Waals surface area contributed by atoms with Crippen molar-refractivity contribution in [2.75, 3.05) is 12.8 Å². The molecule has 0 bridgehead atoms. The summed E-state index contributed by atoms with van der Waals surface area (Å²) in [6, 6.07) is 6.16. The second-order valence-electron chi connectivity index (χ2n) is 3.20. The SMILES string of the molecule is CC.CN1Cc2ccc(N)cc2C1. The van der Waals surface area contributed by atoms with E-state index in [0.717, 1.165) is 18.8 Å². The topological polar surface area (TPSA) is 29.3 Å². The molecule has 0 aliphatic carbocycles. The molecule has 72 valence electrons. The van der Waals surface area contributed by atoms with E-state index in [-0.39, 0.29) is 0 Å². The molecule has 0 amide bonds. The third-order valence-electron chi connectivity index (χ3n) is 2.11. The zero-order valence-corrected chi connectivity index (χ0v) is 8.67. The van der Waals surface area contributed by atoms with Crippen molar-refractivity contribution in [3.8, 4) is 0 Å². The van der Waals surface area contributed by atoms with E-state index >= 15 is 0 Å². The first-order valence-electron chi connectivity index (χ1n) is 4.81. The number of fused-ring (bicyclic) bond motifs is 1. The van der Waals surface area contributed by atoms with E-state index in [1.54, 1.807) is 0 Å². The van der Waals surface area contributed by atoms with Gasteiger partial charge in [0.25, 0.3) is 0 Å². The second kappa shape index (κ2) is 4.28. The van der Waals surface area contributed by atoms with Crippen molar-refractivity contribution in [2.24, 2.45) is 0 Å². The Labute approximate surface area is 80.4 Å². The van der Waals surface area contributed by atoms with Crippen molar-refractivity contribution in [3.63, 3.8) is 0 Å². The summed E-state index contributed by atoms with van der Waals surface area (Å²) in [5.74, 6) is 0. The van der Waals surface area contributed by atoms with Crippen molar-refractivity contribution in [3.05, 3.63) is 29.3 Å². The van der Waals surface area contributed by atoms with Crippen LogP contribution < -0.4 is 5.73 Å². The van der Waals surface area contributed by atoms with Crippen molar-refractivity contribution >= 4 is 5.69 Å². The molecule has 0 aromatic heterocycles. The van der Waals surface area contributed by atoms with E-state index in [2.05, 4.69) is 24.1 Å². The monoisotopic (exact) mass is 178 g/mol. The Morgan fingerprint density at radius 2 is 1.77 bits per heavy atom. The Morgan fingerprint density at radius 3 is 2.46 bits per heavy atom. The summed E-state index contributed by atoms with van der Waals surface area (Å²) < 4.78 is 0. The Bertz CT molecular complexity index is 281. The molecule has 0 atom stereocenters. The van der Waals surface area contributed by atoms with Crippen molar-refractivity contribution in [1.82, 2.24) is 4.90 Å². The number of anilines is 1. The molecule has 1 aliphatic rings. The number of hydrogen-bond acceptors (Lipinski definition) is 2. The second-order valence-corrected chi connectivity index (χ2v) is 3.20. The molecule has 0 unspecified atom stereocenters. The zero-order chi connectivity index (χ0) is 9.84. The zero-order valence-electron chi connectivity index (χ0n) is 8.67. The predicted octanol–water partition coefficient (Wildman–Crippen LogP) is 2.24. The maximum Gasteiger partial charge on any atom is 0.0317 e. The number of nitrogen functional groups attached to an aromatic ring is 1. The molecular formula is C11H18N2. The van der Waals surface area contributed by atoms with Gasteiger partial charge in [-0.2, -0.15) is 0 Å². The largest absolute Gasteiger partial charge is 0.399 e. The summed E-state index contributed by atoms with van der Waals surface area (Å²) >= 11 is 0. The first-order valence-corrected chi connectivity index (χ1v) is 4.81. The van der Waals surface area contributed by atoms with Gasteiger partial charge < -0.3 is 5.73 Å². The number of benzene rings is 1. The maximum absolute atomic E-state index is 5.66.